The number of aliphatic hydroxyl groups excluding tert-OH is 5. The molecule has 7 atom stereocenters. The second-order valence-electron chi connectivity index (χ2n) is 9.10. The highest BCUT2D eigenvalue weighted by atomic mass is 16.7. The molecule has 1 aliphatic heterocycles. The van der Waals surface area contributed by atoms with Crippen molar-refractivity contribution >= 4 is 5.91 Å². The number of amides is 1. The van der Waals surface area contributed by atoms with Crippen molar-refractivity contribution in [2.24, 2.45) is 0 Å². The maximum atomic E-state index is 11.9. The molecule has 1 fully saturated rings. The van der Waals surface area contributed by atoms with Gasteiger partial charge in [0.1, 0.15) is 24.4 Å². The normalized spacial score (nSPS) is 27.3. The number of hydrogen-bond acceptors (Lipinski definition) is 8. The van der Waals surface area contributed by atoms with Gasteiger partial charge in [0.25, 0.3) is 0 Å². The van der Waals surface area contributed by atoms with Crippen LogP contribution in [0.1, 0.15) is 90.9 Å². The third-order valence-electron chi connectivity index (χ3n) is 6.27. The number of hydrogen-bond donors (Lipinski definition) is 6. The van der Waals surface area contributed by atoms with Crippen molar-refractivity contribution < 1.29 is 39.8 Å². The zero-order chi connectivity index (χ0) is 24.6. The fourth-order valence-electron chi connectivity index (χ4n) is 4.00. The van der Waals surface area contributed by atoms with Crippen molar-refractivity contribution in [3.63, 3.8) is 0 Å². The van der Waals surface area contributed by atoms with Crippen LogP contribution in [-0.4, -0.2) is 87.5 Å². The van der Waals surface area contributed by atoms with Gasteiger partial charge in [-0.05, 0) is 6.42 Å². The van der Waals surface area contributed by atoms with E-state index in [1.54, 1.807) is 6.92 Å². The van der Waals surface area contributed by atoms with E-state index in [9.17, 15) is 30.3 Å². The Bertz CT molecular complexity index is 507. The molecule has 9 heteroatoms. The molecule has 1 aliphatic rings. The standard InChI is InChI=1S/C24H47NO8/c1-3-5-6-7-8-9-10-11-12-13-14-18(27)17(25-20(28)4-2)16-32-24-23(31)22(30)21(29)19(15-26)33-24/h17-19,21-24,26-27,29-31H,3-16H2,1-2H3,(H,25,28). The Balaban J connectivity index is 2.41. The Labute approximate surface area is 198 Å². The molecular formula is C24H47NO8. The summed E-state index contributed by atoms with van der Waals surface area (Å²) >= 11 is 0. The topological polar surface area (TPSA) is 149 Å². The van der Waals surface area contributed by atoms with Gasteiger partial charge in [-0.15, -0.1) is 0 Å². The summed E-state index contributed by atoms with van der Waals surface area (Å²) in [5.41, 5.74) is 0. The molecule has 1 rings (SSSR count). The average Bonchev–Trinajstić information content (AvgIpc) is 2.82. The molecule has 1 amide bonds. The van der Waals surface area contributed by atoms with Crippen LogP contribution >= 0.6 is 0 Å². The minimum atomic E-state index is -1.54. The molecule has 6 N–H and O–H groups in total. The van der Waals surface area contributed by atoms with Crippen molar-refractivity contribution in [2.45, 2.75) is 134 Å². The molecule has 0 aromatic carbocycles. The van der Waals surface area contributed by atoms with Crippen LogP contribution in [0.4, 0.5) is 0 Å². The second-order valence-corrected chi connectivity index (χ2v) is 9.10. The maximum Gasteiger partial charge on any atom is 0.220 e. The fraction of sp³-hybridized carbons (Fsp3) is 0.958. The van der Waals surface area contributed by atoms with Crippen LogP contribution in [0, 0.1) is 0 Å². The lowest BCUT2D eigenvalue weighted by Gasteiger charge is -2.40. The van der Waals surface area contributed by atoms with Gasteiger partial charge in [0.15, 0.2) is 6.29 Å². The Kier molecular flexibility index (Phi) is 16.1. The van der Waals surface area contributed by atoms with E-state index in [2.05, 4.69) is 12.2 Å². The highest BCUT2D eigenvalue weighted by Gasteiger charge is 2.44. The van der Waals surface area contributed by atoms with Crippen LogP contribution in [0.5, 0.6) is 0 Å². The van der Waals surface area contributed by atoms with E-state index in [1.807, 2.05) is 0 Å². The molecule has 33 heavy (non-hydrogen) atoms. The predicted octanol–water partition coefficient (Wildman–Crippen LogP) is 1.37. The Morgan fingerprint density at radius 1 is 0.909 bits per heavy atom. The molecule has 196 valence electrons. The summed E-state index contributed by atoms with van der Waals surface area (Å²) in [6.45, 7) is 3.23. The van der Waals surface area contributed by atoms with Crippen LogP contribution in [0.3, 0.4) is 0 Å². The minimum absolute atomic E-state index is 0.145. The SMILES string of the molecule is CCCCCCCCCCCCC(O)C(COC1OC(CO)C(O)C(O)C1O)NC(=O)CC. The third-order valence-corrected chi connectivity index (χ3v) is 6.27. The molecular weight excluding hydrogens is 430 g/mol. The summed E-state index contributed by atoms with van der Waals surface area (Å²) < 4.78 is 10.9. The highest BCUT2D eigenvalue weighted by molar-refractivity contribution is 5.75. The Morgan fingerprint density at radius 3 is 2.03 bits per heavy atom. The van der Waals surface area contributed by atoms with Crippen molar-refractivity contribution in [1.29, 1.82) is 0 Å². The largest absolute Gasteiger partial charge is 0.394 e. The summed E-state index contributed by atoms with van der Waals surface area (Å²) in [5, 5.41) is 52.5. The van der Waals surface area contributed by atoms with Crippen LogP contribution in [-0.2, 0) is 14.3 Å². The van der Waals surface area contributed by atoms with Gasteiger partial charge in [0, 0.05) is 6.42 Å². The molecule has 0 aliphatic carbocycles. The van der Waals surface area contributed by atoms with E-state index < -0.39 is 49.5 Å². The van der Waals surface area contributed by atoms with Crippen molar-refractivity contribution in [3.05, 3.63) is 0 Å². The molecule has 9 nitrogen and oxygen atoms in total. The summed E-state index contributed by atoms with van der Waals surface area (Å²) in [6.07, 6.45) is 4.88. The maximum absolute atomic E-state index is 11.9. The van der Waals surface area contributed by atoms with Gasteiger partial charge in [-0.25, -0.2) is 0 Å². The third kappa shape index (κ3) is 11.4. The van der Waals surface area contributed by atoms with E-state index in [1.165, 1.54) is 44.9 Å². The molecule has 0 saturated carbocycles. The number of carbonyl (C=O) groups excluding carboxylic acids is 1. The van der Waals surface area contributed by atoms with Gasteiger partial charge < -0.3 is 40.3 Å². The summed E-state index contributed by atoms with van der Waals surface area (Å²) in [6, 6.07) is -0.705. The Morgan fingerprint density at radius 2 is 1.48 bits per heavy atom. The zero-order valence-corrected chi connectivity index (χ0v) is 20.4. The van der Waals surface area contributed by atoms with Gasteiger partial charge in [-0.1, -0.05) is 78.1 Å². The van der Waals surface area contributed by atoms with E-state index in [4.69, 9.17) is 9.47 Å². The lowest BCUT2D eigenvalue weighted by Crippen LogP contribution is -2.60. The van der Waals surface area contributed by atoms with E-state index in [0.29, 0.717) is 6.42 Å². The first-order chi connectivity index (χ1) is 15.8. The van der Waals surface area contributed by atoms with E-state index in [0.717, 1.165) is 19.3 Å². The predicted molar refractivity (Wildman–Crippen MR) is 124 cm³/mol. The second kappa shape index (κ2) is 17.6. The minimum Gasteiger partial charge on any atom is -0.394 e. The molecule has 0 bridgehead atoms. The summed E-state index contributed by atoms with van der Waals surface area (Å²) in [5.74, 6) is -0.237. The highest BCUT2D eigenvalue weighted by Crippen LogP contribution is 2.22. The molecule has 1 saturated heterocycles. The number of aliphatic hydroxyl groups is 5. The number of unbranched alkanes of at least 4 members (excludes halogenated alkanes) is 9. The number of rotatable bonds is 18. The van der Waals surface area contributed by atoms with Crippen molar-refractivity contribution in [2.75, 3.05) is 13.2 Å². The zero-order valence-electron chi connectivity index (χ0n) is 20.4. The van der Waals surface area contributed by atoms with E-state index >= 15 is 0 Å². The molecule has 1 heterocycles. The van der Waals surface area contributed by atoms with E-state index in [-0.39, 0.29) is 18.9 Å². The smallest absolute Gasteiger partial charge is 0.220 e. The van der Waals surface area contributed by atoms with Gasteiger partial charge in [0.05, 0.1) is 25.4 Å². The van der Waals surface area contributed by atoms with Crippen LogP contribution < -0.4 is 5.32 Å². The molecule has 0 spiro atoms. The Hall–Kier alpha value is -0.810. The lowest BCUT2D eigenvalue weighted by atomic mass is 9.99. The average molecular weight is 478 g/mol. The van der Waals surface area contributed by atoms with Gasteiger partial charge in [-0.3, -0.25) is 4.79 Å². The fourth-order valence-corrected chi connectivity index (χ4v) is 4.00. The monoisotopic (exact) mass is 477 g/mol. The quantitative estimate of drug-likeness (QED) is 0.162. The first-order valence-corrected chi connectivity index (χ1v) is 12.7. The molecule has 0 radical (unpaired) electrons. The lowest BCUT2D eigenvalue weighted by molar-refractivity contribution is -0.302. The molecule has 7 unspecified atom stereocenters. The number of nitrogens with one attached hydrogen (secondary N) is 1. The number of carbonyl (C=O) groups is 1. The van der Waals surface area contributed by atoms with Crippen LogP contribution in [0.15, 0.2) is 0 Å². The van der Waals surface area contributed by atoms with Crippen molar-refractivity contribution in [1.82, 2.24) is 5.32 Å². The molecule has 0 aromatic rings. The molecule has 0 aromatic heterocycles. The van der Waals surface area contributed by atoms with Crippen molar-refractivity contribution in [3.8, 4) is 0 Å². The van der Waals surface area contributed by atoms with Crippen LogP contribution in [0.25, 0.3) is 0 Å². The van der Waals surface area contributed by atoms with Crippen LogP contribution in [0.2, 0.25) is 0 Å². The summed E-state index contributed by atoms with van der Waals surface area (Å²) in [4.78, 5) is 11.9. The first-order valence-electron chi connectivity index (χ1n) is 12.7. The summed E-state index contributed by atoms with van der Waals surface area (Å²) in [7, 11) is 0. The van der Waals surface area contributed by atoms with Gasteiger partial charge in [0.2, 0.25) is 5.91 Å². The van der Waals surface area contributed by atoms with Gasteiger partial charge >= 0.3 is 0 Å². The number of ether oxygens (including phenoxy) is 2. The van der Waals surface area contributed by atoms with Gasteiger partial charge in [-0.2, -0.15) is 0 Å². The first kappa shape index (κ1) is 30.2.